The molecule has 1 fully saturated rings. The van der Waals surface area contributed by atoms with Crippen molar-refractivity contribution in [1.29, 1.82) is 0 Å². The molecule has 0 atom stereocenters. The molecule has 110 valence electrons. The lowest BCUT2D eigenvalue weighted by Gasteiger charge is -2.34. The van der Waals surface area contributed by atoms with Crippen LogP contribution in [0.15, 0.2) is 27.1 Å². The Labute approximate surface area is 145 Å². The van der Waals surface area contributed by atoms with Crippen molar-refractivity contribution in [3.8, 4) is 0 Å². The van der Waals surface area contributed by atoms with Crippen LogP contribution in [-0.2, 0) is 0 Å². The molecule has 0 aromatic heterocycles. The SMILES string of the molecule is O=C(c1cc(Br)cc(Br)c1)N(CCBr)C1CCCCC1. The minimum absolute atomic E-state index is 0.137. The highest BCUT2D eigenvalue weighted by atomic mass is 79.9. The lowest BCUT2D eigenvalue weighted by atomic mass is 9.93. The van der Waals surface area contributed by atoms with Gasteiger partial charge in [0.25, 0.3) is 5.91 Å². The first kappa shape index (κ1) is 16.5. The number of hydrogen-bond donors (Lipinski definition) is 0. The van der Waals surface area contributed by atoms with E-state index in [9.17, 15) is 4.79 Å². The topological polar surface area (TPSA) is 20.3 Å². The molecule has 1 aliphatic carbocycles. The van der Waals surface area contributed by atoms with Gasteiger partial charge in [-0.3, -0.25) is 4.79 Å². The van der Waals surface area contributed by atoms with Gasteiger partial charge in [-0.1, -0.05) is 67.1 Å². The standard InChI is InChI=1S/C15H18Br3NO/c16-6-7-19(14-4-2-1-3-5-14)15(20)11-8-12(17)10-13(18)9-11/h8-10,14H,1-7H2. The lowest BCUT2D eigenvalue weighted by molar-refractivity contribution is 0.0651. The van der Waals surface area contributed by atoms with Crippen LogP contribution < -0.4 is 0 Å². The van der Waals surface area contributed by atoms with Crippen LogP contribution in [0.3, 0.4) is 0 Å². The predicted molar refractivity (Wildman–Crippen MR) is 93.5 cm³/mol. The van der Waals surface area contributed by atoms with Gasteiger partial charge in [0.1, 0.15) is 0 Å². The Kier molecular flexibility index (Phi) is 6.56. The summed E-state index contributed by atoms with van der Waals surface area (Å²) in [7, 11) is 0. The van der Waals surface area contributed by atoms with Crippen LogP contribution in [0.25, 0.3) is 0 Å². The molecule has 5 heteroatoms. The third-order valence-corrected chi connectivity index (χ3v) is 4.98. The lowest BCUT2D eigenvalue weighted by Crippen LogP contribution is -2.42. The van der Waals surface area contributed by atoms with E-state index in [1.54, 1.807) is 0 Å². The Hall–Kier alpha value is 0.130. The summed E-state index contributed by atoms with van der Waals surface area (Å²) < 4.78 is 1.86. The normalized spacial score (nSPS) is 16.1. The number of rotatable bonds is 4. The van der Waals surface area contributed by atoms with Gasteiger partial charge in [-0.2, -0.15) is 0 Å². The molecule has 0 radical (unpaired) electrons. The molecular weight excluding hydrogens is 450 g/mol. The predicted octanol–water partition coefficient (Wildman–Crippen LogP) is 5.38. The summed E-state index contributed by atoms with van der Waals surface area (Å²) in [5.74, 6) is 0.137. The summed E-state index contributed by atoms with van der Waals surface area (Å²) in [4.78, 5) is 14.8. The van der Waals surface area contributed by atoms with Crippen LogP contribution in [0.5, 0.6) is 0 Å². The Morgan fingerprint density at radius 2 is 1.70 bits per heavy atom. The first-order valence-electron chi connectivity index (χ1n) is 6.95. The summed E-state index contributed by atoms with van der Waals surface area (Å²) in [6.45, 7) is 0.771. The molecule has 0 unspecified atom stereocenters. The zero-order valence-corrected chi connectivity index (χ0v) is 16.0. The highest BCUT2D eigenvalue weighted by Crippen LogP contribution is 2.26. The average molecular weight is 468 g/mol. The number of carbonyl (C=O) groups excluding carboxylic acids is 1. The first-order chi connectivity index (χ1) is 9.61. The van der Waals surface area contributed by atoms with Gasteiger partial charge < -0.3 is 4.90 Å². The fraction of sp³-hybridized carbons (Fsp3) is 0.533. The third-order valence-electron chi connectivity index (χ3n) is 3.71. The van der Waals surface area contributed by atoms with Crippen LogP contribution in [0.1, 0.15) is 42.5 Å². The largest absolute Gasteiger partial charge is 0.335 e. The summed E-state index contributed by atoms with van der Waals surface area (Å²) in [5.41, 5.74) is 0.748. The van der Waals surface area contributed by atoms with Crippen molar-refractivity contribution >= 4 is 53.7 Å². The summed E-state index contributed by atoms with van der Waals surface area (Å²) in [5, 5.41) is 0.824. The smallest absolute Gasteiger partial charge is 0.254 e. The molecular formula is C15H18Br3NO. The second-order valence-electron chi connectivity index (χ2n) is 5.14. The molecule has 2 rings (SSSR count). The number of benzene rings is 1. The minimum atomic E-state index is 0.137. The van der Waals surface area contributed by atoms with Gasteiger partial charge in [-0.05, 0) is 31.0 Å². The average Bonchev–Trinajstić information content (AvgIpc) is 2.44. The summed E-state index contributed by atoms with van der Waals surface area (Å²) >= 11 is 10.4. The molecule has 1 saturated carbocycles. The van der Waals surface area contributed by atoms with E-state index in [1.807, 2.05) is 23.1 Å². The molecule has 0 N–H and O–H groups in total. The van der Waals surface area contributed by atoms with Crippen molar-refractivity contribution in [3.63, 3.8) is 0 Å². The van der Waals surface area contributed by atoms with Crippen LogP contribution in [0.4, 0.5) is 0 Å². The molecule has 0 bridgehead atoms. The second kappa shape index (κ2) is 7.95. The van der Waals surface area contributed by atoms with E-state index in [0.717, 1.165) is 39.2 Å². The zero-order valence-electron chi connectivity index (χ0n) is 11.2. The van der Waals surface area contributed by atoms with Gasteiger partial charge in [0.05, 0.1) is 0 Å². The Bertz CT molecular complexity index is 452. The molecule has 1 aromatic carbocycles. The maximum atomic E-state index is 12.8. The van der Waals surface area contributed by atoms with Gasteiger partial charge in [0, 0.05) is 32.4 Å². The maximum Gasteiger partial charge on any atom is 0.254 e. The number of hydrogen-bond acceptors (Lipinski definition) is 1. The van der Waals surface area contributed by atoms with E-state index in [2.05, 4.69) is 47.8 Å². The molecule has 1 aromatic rings. The van der Waals surface area contributed by atoms with E-state index >= 15 is 0 Å². The van der Waals surface area contributed by atoms with Gasteiger partial charge in [0.15, 0.2) is 0 Å². The molecule has 1 amide bonds. The molecule has 20 heavy (non-hydrogen) atoms. The third kappa shape index (κ3) is 4.31. The van der Waals surface area contributed by atoms with Crippen LogP contribution in [0.2, 0.25) is 0 Å². The molecule has 2 nitrogen and oxygen atoms in total. The second-order valence-corrected chi connectivity index (χ2v) is 7.76. The Morgan fingerprint density at radius 3 is 2.25 bits per heavy atom. The first-order valence-corrected chi connectivity index (χ1v) is 9.65. The van der Waals surface area contributed by atoms with E-state index in [4.69, 9.17) is 0 Å². The quantitative estimate of drug-likeness (QED) is 0.544. The van der Waals surface area contributed by atoms with Crippen LogP contribution >= 0.6 is 47.8 Å². The van der Waals surface area contributed by atoms with E-state index in [-0.39, 0.29) is 5.91 Å². The van der Waals surface area contributed by atoms with E-state index in [0.29, 0.717) is 6.04 Å². The Balaban J connectivity index is 2.20. The van der Waals surface area contributed by atoms with E-state index < -0.39 is 0 Å². The van der Waals surface area contributed by atoms with Gasteiger partial charge >= 0.3 is 0 Å². The maximum absolute atomic E-state index is 12.8. The van der Waals surface area contributed by atoms with Crippen LogP contribution in [0, 0.1) is 0 Å². The van der Waals surface area contributed by atoms with Crippen LogP contribution in [-0.4, -0.2) is 28.7 Å². The van der Waals surface area contributed by atoms with Gasteiger partial charge in [0.2, 0.25) is 0 Å². The minimum Gasteiger partial charge on any atom is -0.335 e. The number of halogens is 3. The summed E-state index contributed by atoms with van der Waals surface area (Å²) in [6, 6.07) is 6.15. The Morgan fingerprint density at radius 1 is 1.10 bits per heavy atom. The van der Waals surface area contributed by atoms with Crippen molar-refractivity contribution in [2.75, 3.05) is 11.9 Å². The van der Waals surface area contributed by atoms with Crippen molar-refractivity contribution in [2.24, 2.45) is 0 Å². The zero-order chi connectivity index (χ0) is 14.5. The van der Waals surface area contributed by atoms with Crippen molar-refractivity contribution < 1.29 is 4.79 Å². The molecule has 0 heterocycles. The highest BCUT2D eigenvalue weighted by Gasteiger charge is 2.26. The van der Waals surface area contributed by atoms with Crippen molar-refractivity contribution in [3.05, 3.63) is 32.7 Å². The van der Waals surface area contributed by atoms with E-state index in [1.165, 1.54) is 19.3 Å². The molecule has 1 aliphatic rings. The van der Waals surface area contributed by atoms with Crippen molar-refractivity contribution in [1.82, 2.24) is 4.90 Å². The fourth-order valence-electron chi connectivity index (χ4n) is 2.78. The fourth-order valence-corrected chi connectivity index (χ4v) is 4.45. The molecule has 0 spiro atoms. The van der Waals surface area contributed by atoms with Gasteiger partial charge in [-0.25, -0.2) is 0 Å². The number of carbonyl (C=O) groups is 1. The number of alkyl halides is 1. The van der Waals surface area contributed by atoms with Gasteiger partial charge in [-0.15, -0.1) is 0 Å². The number of nitrogens with zero attached hydrogens (tertiary/aromatic N) is 1. The summed E-state index contributed by atoms with van der Waals surface area (Å²) in [6.07, 6.45) is 6.04. The highest BCUT2D eigenvalue weighted by molar-refractivity contribution is 9.11. The molecule has 0 aliphatic heterocycles. The van der Waals surface area contributed by atoms with Crippen molar-refractivity contribution in [2.45, 2.75) is 38.1 Å². The number of amides is 1. The molecule has 0 saturated heterocycles. The monoisotopic (exact) mass is 465 g/mol.